The van der Waals surface area contributed by atoms with E-state index in [1.165, 1.54) is 0 Å². The Morgan fingerprint density at radius 3 is 2.64 bits per heavy atom. The van der Waals surface area contributed by atoms with Gasteiger partial charge in [0.2, 0.25) is 11.7 Å². The number of para-hydroxylation sites is 1. The van der Waals surface area contributed by atoms with Crippen molar-refractivity contribution >= 4 is 5.91 Å². The molecule has 1 aromatic heterocycles. The van der Waals surface area contributed by atoms with Gasteiger partial charge in [0.1, 0.15) is 6.61 Å². The molecule has 1 saturated heterocycles. The van der Waals surface area contributed by atoms with E-state index >= 15 is 0 Å². The summed E-state index contributed by atoms with van der Waals surface area (Å²) in [6.07, 6.45) is 4.55. The van der Waals surface area contributed by atoms with Crippen molar-refractivity contribution in [3.8, 4) is 29.1 Å². The maximum absolute atomic E-state index is 12.7. The van der Waals surface area contributed by atoms with E-state index < -0.39 is 0 Å². The van der Waals surface area contributed by atoms with Crippen LogP contribution in [0, 0.1) is 17.8 Å². The highest BCUT2D eigenvalue weighted by Crippen LogP contribution is 2.36. The Balaban J connectivity index is 1.50. The first-order valence-corrected chi connectivity index (χ1v) is 12.6. The van der Waals surface area contributed by atoms with Gasteiger partial charge in [-0.25, -0.2) is 4.68 Å². The number of aromatic nitrogens is 3. The van der Waals surface area contributed by atoms with Crippen molar-refractivity contribution in [1.29, 1.82) is 0 Å². The number of hydrogen-bond donors (Lipinski definition) is 0. The summed E-state index contributed by atoms with van der Waals surface area (Å²) in [5.41, 5.74) is 0.576. The van der Waals surface area contributed by atoms with Crippen LogP contribution in [0.5, 0.6) is 17.2 Å². The van der Waals surface area contributed by atoms with Crippen LogP contribution < -0.4 is 14.2 Å². The highest BCUT2D eigenvalue weighted by atomic mass is 16.5. The van der Waals surface area contributed by atoms with Crippen LogP contribution in [0.15, 0.2) is 24.4 Å². The molecular weight excluding hydrogens is 460 g/mol. The Morgan fingerprint density at radius 1 is 1.19 bits per heavy atom. The molecule has 0 unspecified atom stereocenters. The van der Waals surface area contributed by atoms with Gasteiger partial charge in [0.15, 0.2) is 17.2 Å². The Kier molecular flexibility index (Phi) is 10.00. The summed E-state index contributed by atoms with van der Waals surface area (Å²) in [4.78, 5) is 14.6. The number of carbonyl (C=O) groups excluding carboxylic acids is 1. The minimum absolute atomic E-state index is 0.0318. The summed E-state index contributed by atoms with van der Waals surface area (Å²) in [5, 5.41) is 8.41. The minimum Gasteiger partial charge on any atom is -0.493 e. The lowest BCUT2D eigenvalue weighted by atomic mass is 9.99. The van der Waals surface area contributed by atoms with Crippen molar-refractivity contribution in [3.63, 3.8) is 0 Å². The molecule has 1 aromatic carbocycles. The van der Waals surface area contributed by atoms with Crippen LogP contribution in [0.2, 0.25) is 0 Å². The van der Waals surface area contributed by atoms with Gasteiger partial charge in [-0.3, -0.25) is 4.79 Å². The summed E-state index contributed by atoms with van der Waals surface area (Å²) in [7, 11) is 3.15. The predicted molar refractivity (Wildman–Crippen MR) is 136 cm³/mol. The second-order valence-corrected chi connectivity index (χ2v) is 8.92. The van der Waals surface area contributed by atoms with Crippen molar-refractivity contribution < 1.29 is 23.7 Å². The molecule has 4 atom stereocenters. The molecule has 3 rings (SSSR count). The molecule has 2 aromatic rings. The monoisotopic (exact) mass is 498 g/mol. The van der Waals surface area contributed by atoms with Gasteiger partial charge in [-0.05, 0) is 58.1 Å². The maximum atomic E-state index is 12.7. The highest BCUT2D eigenvalue weighted by Gasteiger charge is 2.35. The molecule has 0 N–H and O–H groups in total. The van der Waals surface area contributed by atoms with Crippen LogP contribution in [0.4, 0.5) is 0 Å². The Bertz CT molecular complexity index is 1060. The molecule has 0 radical (unpaired) electrons. The van der Waals surface area contributed by atoms with Crippen molar-refractivity contribution in [2.24, 2.45) is 5.92 Å². The van der Waals surface area contributed by atoms with Crippen molar-refractivity contribution in [3.05, 3.63) is 30.1 Å². The van der Waals surface area contributed by atoms with E-state index in [-0.39, 0.29) is 36.7 Å². The summed E-state index contributed by atoms with van der Waals surface area (Å²) in [5.74, 6) is 7.70. The van der Waals surface area contributed by atoms with Crippen LogP contribution in [-0.4, -0.2) is 71.9 Å². The first kappa shape index (κ1) is 27.3. The van der Waals surface area contributed by atoms with Crippen molar-refractivity contribution in [2.75, 3.05) is 33.9 Å². The average Bonchev–Trinajstić information content (AvgIpc) is 3.56. The zero-order chi connectivity index (χ0) is 26.1. The number of carbonyl (C=O) groups is 1. The van der Waals surface area contributed by atoms with Gasteiger partial charge in [0.25, 0.3) is 0 Å². The van der Waals surface area contributed by atoms with Gasteiger partial charge >= 0.3 is 0 Å². The van der Waals surface area contributed by atoms with Crippen LogP contribution in [0.3, 0.4) is 0 Å². The molecule has 9 heteroatoms. The molecule has 1 amide bonds. The lowest BCUT2D eigenvalue weighted by molar-refractivity contribution is -0.139. The number of hydrogen-bond acceptors (Lipinski definition) is 7. The number of amides is 1. The van der Waals surface area contributed by atoms with E-state index in [9.17, 15) is 4.79 Å². The molecule has 1 aliphatic heterocycles. The molecule has 0 bridgehead atoms. The Labute approximate surface area is 214 Å². The molecule has 0 aliphatic carbocycles. The number of methoxy groups -OCH3 is 2. The van der Waals surface area contributed by atoms with Gasteiger partial charge in [0, 0.05) is 13.1 Å². The number of ether oxygens (including phenoxy) is 4. The third-order valence-corrected chi connectivity index (χ3v) is 6.61. The second kappa shape index (κ2) is 13.2. The largest absolute Gasteiger partial charge is 0.493 e. The smallest absolute Gasteiger partial charge is 0.228 e. The number of rotatable bonds is 11. The number of benzene rings is 1. The van der Waals surface area contributed by atoms with Crippen LogP contribution in [0.25, 0.3) is 0 Å². The quantitative estimate of drug-likeness (QED) is 0.436. The molecule has 36 heavy (non-hydrogen) atoms. The van der Waals surface area contributed by atoms with Crippen LogP contribution >= 0.6 is 0 Å². The summed E-state index contributed by atoms with van der Waals surface area (Å²) in [6, 6.07) is 5.54. The molecule has 1 aliphatic rings. The molecule has 1 fully saturated rings. The zero-order valence-corrected chi connectivity index (χ0v) is 22.2. The fourth-order valence-electron chi connectivity index (χ4n) is 4.51. The maximum Gasteiger partial charge on any atom is 0.228 e. The fraction of sp³-hybridized carbons (Fsp3) is 0.593. The topological polar surface area (TPSA) is 87.9 Å². The fourth-order valence-corrected chi connectivity index (χ4v) is 4.51. The van der Waals surface area contributed by atoms with Gasteiger partial charge < -0.3 is 23.8 Å². The Hall–Kier alpha value is -3.25. The average molecular weight is 499 g/mol. The van der Waals surface area contributed by atoms with E-state index in [1.807, 2.05) is 42.6 Å². The van der Waals surface area contributed by atoms with Gasteiger partial charge in [-0.2, -0.15) is 0 Å². The molecule has 9 nitrogen and oxygen atoms in total. The van der Waals surface area contributed by atoms with E-state index in [2.05, 4.69) is 29.1 Å². The minimum atomic E-state index is -0.127. The highest BCUT2D eigenvalue weighted by molar-refractivity contribution is 5.79. The first-order valence-electron chi connectivity index (χ1n) is 12.6. The van der Waals surface area contributed by atoms with E-state index in [0.29, 0.717) is 22.9 Å². The second-order valence-electron chi connectivity index (χ2n) is 8.92. The summed E-state index contributed by atoms with van der Waals surface area (Å²) in [6.45, 7) is 9.72. The predicted octanol–water partition coefficient (Wildman–Crippen LogP) is 3.73. The zero-order valence-electron chi connectivity index (χ0n) is 22.2. The van der Waals surface area contributed by atoms with E-state index in [0.717, 1.165) is 32.4 Å². The molecule has 2 heterocycles. The lowest BCUT2D eigenvalue weighted by Gasteiger charge is -2.26. The standard InChI is InChI=1S/C27H38N4O5/c1-7-30(8-2)27(32)20(4)23-15-14-22(36-23)17-19(3)31-18-21(28-29-31)11-10-16-35-25-13-9-12-24(33-5)26(25)34-6/h9,12-13,18-20,22-23H,7-8,14-17H2,1-6H3/t19-,20-,22+,23-/m1/s1. The van der Waals surface area contributed by atoms with E-state index in [4.69, 9.17) is 18.9 Å². The van der Waals surface area contributed by atoms with Gasteiger partial charge in [-0.1, -0.05) is 24.1 Å². The molecular formula is C27H38N4O5. The normalized spacial score (nSPS) is 18.6. The van der Waals surface area contributed by atoms with Crippen molar-refractivity contribution in [1.82, 2.24) is 19.9 Å². The first-order chi connectivity index (χ1) is 17.4. The van der Waals surface area contributed by atoms with Gasteiger partial charge in [-0.15, -0.1) is 5.10 Å². The van der Waals surface area contributed by atoms with E-state index in [1.54, 1.807) is 26.4 Å². The summed E-state index contributed by atoms with van der Waals surface area (Å²) >= 11 is 0. The Morgan fingerprint density at radius 2 is 1.94 bits per heavy atom. The number of nitrogens with zero attached hydrogens (tertiary/aromatic N) is 4. The van der Waals surface area contributed by atoms with Crippen LogP contribution in [-0.2, 0) is 9.53 Å². The lowest BCUT2D eigenvalue weighted by Crippen LogP contribution is -2.39. The third-order valence-electron chi connectivity index (χ3n) is 6.61. The van der Waals surface area contributed by atoms with Gasteiger partial charge in [0.05, 0.1) is 44.6 Å². The third kappa shape index (κ3) is 6.70. The molecule has 0 saturated carbocycles. The molecule has 0 spiro atoms. The van der Waals surface area contributed by atoms with Crippen molar-refractivity contribution in [2.45, 2.75) is 65.2 Å². The van der Waals surface area contributed by atoms with Crippen LogP contribution in [0.1, 0.15) is 58.7 Å². The molecule has 196 valence electrons. The summed E-state index contributed by atoms with van der Waals surface area (Å²) < 4.78 is 24.5. The SMILES string of the molecule is CCN(CC)C(=O)[C@H](C)[C@H]1CC[C@@H](C[C@@H](C)n2cc(C#CCOc3cccc(OC)c3OC)nn2)O1.